The van der Waals surface area contributed by atoms with Crippen LogP contribution >= 0.6 is 7.82 Å². The molecule has 1 N–H and O–H groups in total. The van der Waals surface area contributed by atoms with Crippen LogP contribution in [-0.2, 0) is 32.7 Å². The largest absolute Gasteiger partial charge is 0.472 e. The molecule has 0 aliphatic carbocycles. The van der Waals surface area contributed by atoms with Gasteiger partial charge in [-0.05, 0) is 128 Å². The van der Waals surface area contributed by atoms with Crippen LogP contribution in [0.5, 0.6) is 0 Å². The molecular formula is C66H105NO8P+. The summed E-state index contributed by atoms with van der Waals surface area (Å²) in [7, 11) is 1.41. The van der Waals surface area contributed by atoms with Gasteiger partial charge in [0.1, 0.15) is 19.8 Å². The molecule has 0 fully saturated rings. The summed E-state index contributed by atoms with van der Waals surface area (Å²) in [6.07, 6.45) is 84.2. The summed E-state index contributed by atoms with van der Waals surface area (Å²) in [6.45, 7) is 4.10. The summed E-state index contributed by atoms with van der Waals surface area (Å²) >= 11 is 0. The number of quaternary nitrogens is 1. The van der Waals surface area contributed by atoms with Gasteiger partial charge in [-0.1, -0.05) is 210 Å². The van der Waals surface area contributed by atoms with Crippen molar-refractivity contribution in [3.8, 4) is 0 Å². The van der Waals surface area contributed by atoms with Crippen LogP contribution in [0.1, 0.15) is 181 Å². The highest BCUT2D eigenvalue weighted by atomic mass is 31.2. The second kappa shape index (κ2) is 55.1. The number of hydrogen-bond donors (Lipinski definition) is 1. The fourth-order valence-corrected chi connectivity index (χ4v) is 7.60. The van der Waals surface area contributed by atoms with Crippen LogP contribution in [0.3, 0.4) is 0 Å². The van der Waals surface area contributed by atoms with Gasteiger partial charge in [0.25, 0.3) is 0 Å². The molecular weight excluding hydrogens is 966 g/mol. The smallest absolute Gasteiger partial charge is 0.462 e. The Morgan fingerprint density at radius 2 is 0.711 bits per heavy atom. The number of rotatable bonds is 50. The molecule has 10 heteroatoms. The van der Waals surface area contributed by atoms with E-state index in [-0.39, 0.29) is 26.1 Å². The zero-order chi connectivity index (χ0) is 55.6. The van der Waals surface area contributed by atoms with Gasteiger partial charge in [-0.3, -0.25) is 18.6 Å². The minimum Gasteiger partial charge on any atom is -0.462 e. The van der Waals surface area contributed by atoms with Gasteiger partial charge in [0.2, 0.25) is 0 Å². The average molecular weight is 1070 g/mol. The van der Waals surface area contributed by atoms with Crippen molar-refractivity contribution < 1.29 is 42.1 Å². The molecule has 9 nitrogen and oxygen atoms in total. The summed E-state index contributed by atoms with van der Waals surface area (Å²) in [5.74, 6) is -0.883. The van der Waals surface area contributed by atoms with Crippen molar-refractivity contribution in [3.63, 3.8) is 0 Å². The number of phosphoric acid groups is 1. The monoisotopic (exact) mass is 1070 g/mol. The molecule has 0 spiro atoms. The Labute approximate surface area is 464 Å². The number of phosphoric ester groups is 1. The topological polar surface area (TPSA) is 108 Å². The van der Waals surface area contributed by atoms with E-state index in [1.54, 1.807) is 0 Å². The van der Waals surface area contributed by atoms with Crippen LogP contribution in [0.15, 0.2) is 170 Å². The molecule has 0 saturated carbocycles. The van der Waals surface area contributed by atoms with E-state index in [9.17, 15) is 19.0 Å². The lowest BCUT2D eigenvalue weighted by Gasteiger charge is -2.24. The van der Waals surface area contributed by atoms with E-state index in [4.69, 9.17) is 18.5 Å². The summed E-state index contributed by atoms with van der Waals surface area (Å²) in [6, 6.07) is 0. The predicted molar refractivity (Wildman–Crippen MR) is 325 cm³/mol. The maximum absolute atomic E-state index is 12.8. The number of nitrogens with zero attached hydrogens (tertiary/aromatic N) is 1. The second-order valence-corrected chi connectivity index (χ2v) is 21.0. The van der Waals surface area contributed by atoms with Crippen molar-refractivity contribution >= 4 is 19.8 Å². The Morgan fingerprint density at radius 1 is 0.408 bits per heavy atom. The average Bonchev–Trinajstić information content (AvgIpc) is 3.38. The van der Waals surface area contributed by atoms with Gasteiger partial charge < -0.3 is 18.9 Å². The van der Waals surface area contributed by atoms with E-state index >= 15 is 0 Å². The number of likely N-dealkylation sites (N-methyl/N-ethyl adjacent to an activating group) is 1. The molecule has 2 unspecified atom stereocenters. The molecule has 0 saturated heterocycles. The number of esters is 2. The number of unbranched alkanes of at least 4 members (excludes halogenated alkanes) is 8. The minimum absolute atomic E-state index is 0.00918. The highest BCUT2D eigenvalue weighted by Crippen LogP contribution is 2.43. The fourth-order valence-electron chi connectivity index (χ4n) is 6.86. The lowest BCUT2D eigenvalue weighted by molar-refractivity contribution is -0.870. The van der Waals surface area contributed by atoms with Crippen molar-refractivity contribution in [2.24, 2.45) is 0 Å². The first-order chi connectivity index (χ1) is 37.0. The summed E-state index contributed by atoms with van der Waals surface area (Å²) < 4.78 is 34.5. The molecule has 0 aromatic rings. The normalized spacial score (nSPS) is 14.6. The van der Waals surface area contributed by atoms with E-state index in [1.807, 2.05) is 21.1 Å². The van der Waals surface area contributed by atoms with Crippen LogP contribution in [0.2, 0.25) is 0 Å². The Balaban J connectivity index is 4.37. The van der Waals surface area contributed by atoms with E-state index in [0.717, 1.165) is 141 Å². The Bertz CT molecular complexity index is 1880. The third kappa shape index (κ3) is 58.6. The van der Waals surface area contributed by atoms with Gasteiger partial charge in [0.05, 0.1) is 27.7 Å². The highest BCUT2D eigenvalue weighted by molar-refractivity contribution is 7.47. The molecule has 426 valence electrons. The number of hydrogen-bond acceptors (Lipinski definition) is 7. The summed E-state index contributed by atoms with van der Waals surface area (Å²) in [5.41, 5.74) is 0. The molecule has 0 heterocycles. The Hall–Kier alpha value is -4.63. The van der Waals surface area contributed by atoms with Gasteiger partial charge in [0.15, 0.2) is 6.10 Å². The fraction of sp³-hybridized carbons (Fsp3) is 0.545. The van der Waals surface area contributed by atoms with Crippen molar-refractivity contribution in [1.82, 2.24) is 0 Å². The maximum Gasteiger partial charge on any atom is 0.472 e. The van der Waals surface area contributed by atoms with E-state index in [1.165, 1.54) is 0 Å². The number of carbonyl (C=O) groups excluding carboxylic acids is 2. The number of allylic oxidation sites excluding steroid dienone is 28. The molecule has 2 atom stereocenters. The van der Waals surface area contributed by atoms with Crippen molar-refractivity contribution in [2.75, 3.05) is 47.5 Å². The number of carbonyl (C=O) groups is 2. The highest BCUT2D eigenvalue weighted by Gasteiger charge is 2.27. The van der Waals surface area contributed by atoms with Gasteiger partial charge in [0, 0.05) is 12.8 Å². The number of ether oxygens (including phenoxy) is 2. The minimum atomic E-state index is -4.42. The van der Waals surface area contributed by atoms with Gasteiger partial charge >= 0.3 is 19.8 Å². The molecule has 0 bridgehead atoms. The Morgan fingerprint density at radius 3 is 1.08 bits per heavy atom. The molecule has 0 radical (unpaired) electrons. The third-order valence-electron chi connectivity index (χ3n) is 11.2. The van der Waals surface area contributed by atoms with Crippen LogP contribution in [0, 0.1) is 0 Å². The molecule has 0 aromatic carbocycles. The van der Waals surface area contributed by atoms with E-state index in [0.29, 0.717) is 23.9 Å². The van der Waals surface area contributed by atoms with Crippen LogP contribution in [-0.4, -0.2) is 74.9 Å². The van der Waals surface area contributed by atoms with Gasteiger partial charge in [-0.2, -0.15) is 0 Å². The second-order valence-electron chi connectivity index (χ2n) is 19.6. The van der Waals surface area contributed by atoms with Crippen molar-refractivity contribution in [1.29, 1.82) is 0 Å². The van der Waals surface area contributed by atoms with Crippen LogP contribution in [0.4, 0.5) is 0 Å². The van der Waals surface area contributed by atoms with Crippen molar-refractivity contribution in [2.45, 2.75) is 187 Å². The van der Waals surface area contributed by atoms with Crippen molar-refractivity contribution in [3.05, 3.63) is 170 Å². The predicted octanol–water partition coefficient (Wildman–Crippen LogP) is 18.3. The van der Waals surface area contributed by atoms with E-state index in [2.05, 4.69) is 184 Å². The first-order valence-corrected chi connectivity index (χ1v) is 30.4. The molecule has 0 aromatic heterocycles. The van der Waals surface area contributed by atoms with Gasteiger partial charge in [-0.25, -0.2) is 4.57 Å². The molecule has 0 rings (SSSR count). The van der Waals surface area contributed by atoms with Crippen LogP contribution < -0.4 is 0 Å². The standard InChI is InChI=1S/C66H104NO8P/c1-6-8-10-12-14-16-18-20-22-24-26-28-30-32-33-35-37-39-41-43-45-47-49-51-53-55-57-59-66(69)75-64(63-74-76(70,71)73-61-60-67(3,4)5)62-72-65(68)58-56-54-52-50-48-46-44-42-40-38-36-34-31-29-27-25-23-21-19-17-15-13-11-9-7-2/h8-11,14-17,20-23,26-29,32-34,36-37,39-40,42-43,45,49,51,64H,6-7,12-13,18-19,24-25,30-31,35,38,41,44,46-48,50,52-63H2,1-5H3/p+1/b10-8-,11-9-,16-14-,17-15-,22-20-,23-21-,28-26-,29-27-,33-32-,36-34-,39-37-,42-40-,45-43-,51-49-. The molecule has 0 aliphatic rings. The van der Waals surface area contributed by atoms with E-state index < -0.39 is 32.5 Å². The molecule has 76 heavy (non-hydrogen) atoms. The zero-order valence-corrected chi connectivity index (χ0v) is 49.1. The summed E-state index contributed by atoms with van der Waals surface area (Å²) in [4.78, 5) is 35.7. The SMILES string of the molecule is CC/C=C\C/C=C\C/C=C\C/C=C\C/C=C\C/C=C\C/C=C\C/C=C\CCCCC(=O)OC(COC(=O)CCCCCCCC/C=C\C/C=C\C/C=C\C/C=C\C/C=C\C/C=C\CC)COP(=O)(O)OCC[N+](C)(C)C. The summed E-state index contributed by atoms with van der Waals surface area (Å²) in [5, 5.41) is 0. The quantitative estimate of drug-likeness (QED) is 0.0211. The molecule has 0 aliphatic heterocycles. The maximum atomic E-state index is 12.8. The first-order valence-electron chi connectivity index (χ1n) is 28.9. The van der Waals surface area contributed by atoms with Gasteiger partial charge in [-0.15, -0.1) is 0 Å². The van der Waals surface area contributed by atoms with Crippen LogP contribution in [0.25, 0.3) is 0 Å². The zero-order valence-electron chi connectivity index (χ0n) is 48.2. The first kappa shape index (κ1) is 71.4. The third-order valence-corrected chi connectivity index (χ3v) is 12.2. The Kier molecular flexibility index (Phi) is 51.8. The lowest BCUT2D eigenvalue weighted by atomic mass is 10.1. The molecule has 0 amide bonds. The lowest BCUT2D eigenvalue weighted by Crippen LogP contribution is -2.37.